The Morgan fingerprint density at radius 3 is 2.43 bits per heavy atom. The van der Waals surface area contributed by atoms with E-state index in [1.165, 1.54) is 11.8 Å². The van der Waals surface area contributed by atoms with Gasteiger partial charge in [0.25, 0.3) is 0 Å². The summed E-state index contributed by atoms with van der Waals surface area (Å²) in [5.74, 6) is 2.66. The van der Waals surface area contributed by atoms with Crippen molar-refractivity contribution >= 4 is 23.6 Å². The Bertz CT molecular complexity index is 869. The van der Waals surface area contributed by atoms with Gasteiger partial charge in [0.15, 0.2) is 16.7 Å². The van der Waals surface area contributed by atoms with E-state index in [9.17, 15) is 4.79 Å². The maximum Gasteiger partial charge on any atom is 0.230 e. The normalized spacial score (nSPS) is 13.8. The van der Waals surface area contributed by atoms with Crippen molar-refractivity contribution in [3.63, 3.8) is 0 Å². The summed E-state index contributed by atoms with van der Waals surface area (Å²) in [6.07, 6.45) is 0. The lowest BCUT2D eigenvalue weighted by atomic mass is 10.1. The highest BCUT2D eigenvalue weighted by Gasteiger charge is 2.19. The molecule has 11 heteroatoms. The number of hydrogen-bond acceptors (Lipinski definition) is 9. The van der Waals surface area contributed by atoms with E-state index in [0.29, 0.717) is 42.2 Å². The zero-order valence-corrected chi connectivity index (χ0v) is 18.5. The molecule has 1 aliphatic heterocycles. The van der Waals surface area contributed by atoms with Crippen LogP contribution in [0.5, 0.6) is 17.2 Å². The molecule has 2 aromatic rings. The fourth-order valence-electron chi connectivity index (χ4n) is 3.08. The van der Waals surface area contributed by atoms with Crippen LogP contribution in [0.2, 0.25) is 0 Å². The second kappa shape index (κ2) is 10.4. The molecule has 1 fully saturated rings. The molecule has 3 rings (SSSR count). The van der Waals surface area contributed by atoms with Gasteiger partial charge in [-0.3, -0.25) is 9.36 Å². The van der Waals surface area contributed by atoms with E-state index in [2.05, 4.69) is 20.4 Å². The number of ether oxygens (including phenoxy) is 4. The first kappa shape index (κ1) is 22.0. The maximum atomic E-state index is 12.4. The smallest absolute Gasteiger partial charge is 0.230 e. The first-order valence-corrected chi connectivity index (χ1v) is 10.5. The van der Waals surface area contributed by atoms with Gasteiger partial charge in [-0.25, -0.2) is 0 Å². The van der Waals surface area contributed by atoms with Crippen LogP contribution in [0.1, 0.15) is 5.56 Å². The monoisotopic (exact) mass is 437 g/mol. The van der Waals surface area contributed by atoms with E-state index in [1.54, 1.807) is 33.5 Å². The first-order valence-electron chi connectivity index (χ1n) is 9.47. The van der Waals surface area contributed by atoms with Crippen LogP contribution in [0.4, 0.5) is 5.95 Å². The molecule has 1 saturated heterocycles. The van der Waals surface area contributed by atoms with Crippen molar-refractivity contribution in [2.45, 2.75) is 11.7 Å². The summed E-state index contributed by atoms with van der Waals surface area (Å²) in [6.45, 7) is 3.23. The number of carbonyl (C=O) groups excluding carboxylic acids is 1. The van der Waals surface area contributed by atoms with Crippen LogP contribution < -0.4 is 24.4 Å². The van der Waals surface area contributed by atoms with Crippen molar-refractivity contribution < 1.29 is 23.7 Å². The topological polar surface area (TPSA) is 100.0 Å². The molecule has 1 aliphatic rings. The van der Waals surface area contributed by atoms with Crippen LogP contribution in [-0.2, 0) is 23.1 Å². The van der Waals surface area contributed by atoms with Gasteiger partial charge in [0.2, 0.25) is 11.9 Å². The van der Waals surface area contributed by atoms with Gasteiger partial charge in [-0.2, -0.15) is 0 Å². The van der Waals surface area contributed by atoms with Crippen LogP contribution in [0.3, 0.4) is 0 Å². The van der Waals surface area contributed by atoms with Crippen LogP contribution in [0, 0.1) is 0 Å². The van der Waals surface area contributed by atoms with E-state index in [4.69, 9.17) is 18.9 Å². The Morgan fingerprint density at radius 1 is 1.10 bits per heavy atom. The number of rotatable bonds is 9. The molecule has 0 atom stereocenters. The summed E-state index contributed by atoms with van der Waals surface area (Å²) in [5, 5.41) is 12.1. The Balaban J connectivity index is 1.56. The first-order chi connectivity index (χ1) is 14.6. The highest BCUT2D eigenvalue weighted by molar-refractivity contribution is 7.99. The van der Waals surface area contributed by atoms with Gasteiger partial charge < -0.3 is 29.2 Å². The number of thioether (sulfide) groups is 1. The highest BCUT2D eigenvalue weighted by atomic mass is 32.2. The van der Waals surface area contributed by atoms with Gasteiger partial charge in [-0.15, -0.1) is 10.2 Å². The van der Waals surface area contributed by atoms with E-state index in [0.717, 1.165) is 24.6 Å². The van der Waals surface area contributed by atoms with Crippen molar-refractivity contribution in [1.82, 2.24) is 20.1 Å². The molecular weight excluding hydrogens is 410 g/mol. The summed E-state index contributed by atoms with van der Waals surface area (Å²) in [5.41, 5.74) is 0.793. The van der Waals surface area contributed by atoms with Crippen molar-refractivity contribution in [2.75, 3.05) is 58.3 Å². The standard InChI is InChI=1S/C19H27N5O5S/c1-23-18(24-5-7-29-8-6-24)21-22-19(23)30-12-17(25)20-11-13-9-15(27-3)16(28-4)10-14(13)26-2/h9-10H,5-8,11-12H2,1-4H3,(H,20,25). The van der Waals surface area contributed by atoms with Crippen LogP contribution in [0.15, 0.2) is 17.3 Å². The zero-order chi connectivity index (χ0) is 21.5. The van der Waals surface area contributed by atoms with Gasteiger partial charge >= 0.3 is 0 Å². The van der Waals surface area contributed by atoms with E-state index in [-0.39, 0.29) is 11.7 Å². The summed E-state index contributed by atoms with van der Waals surface area (Å²) >= 11 is 1.34. The van der Waals surface area contributed by atoms with Gasteiger partial charge in [-0.1, -0.05) is 11.8 Å². The Morgan fingerprint density at radius 2 is 1.77 bits per heavy atom. The molecule has 0 aliphatic carbocycles. The minimum Gasteiger partial charge on any atom is -0.496 e. The number of nitrogens with one attached hydrogen (secondary N) is 1. The molecule has 1 amide bonds. The second-order valence-electron chi connectivity index (χ2n) is 6.53. The second-order valence-corrected chi connectivity index (χ2v) is 7.47. The predicted octanol–water partition coefficient (Wildman–Crippen LogP) is 1.09. The molecule has 0 unspecified atom stereocenters. The number of amides is 1. The molecule has 0 saturated carbocycles. The molecule has 1 aromatic heterocycles. The number of morpholine rings is 1. The average Bonchev–Trinajstić information content (AvgIpc) is 3.16. The zero-order valence-electron chi connectivity index (χ0n) is 17.6. The summed E-state index contributed by atoms with van der Waals surface area (Å²) < 4.78 is 23.3. The average molecular weight is 438 g/mol. The number of anilines is 1. The van der Waals surface area contributed by atoms with E-state index >= 15 is 0 Å². The maximum absolute atomic E-state index is 12.4. The lowest BCUT2D eigenvalue weighted by Gasteiger charge is -2.27. The number of methoxy groups -OCH3 is 3. The minimum atomic E-state index is -0.118. The summed E-state index contributed by atoms with van der Waals surface area (Å²) in [6, 6.07) is 3.53. The fourth-order valence-corrected chi connectivity index (χ4v) is 3.81. The van der Waals surface area contributed by atoms with Crippen molar-refractivity contribution in [1.29, 1.82) is 0 Å². The largest absolute Gasteiger partial charge is 0.496 e. The number of hydrogen-bond donors (Lipinski definition) is 1. The molecule has 10 nitrogen and oxygen atoms in total. The molecule has 2 heterocycles. The number of aromatic nitrogens is 3. The molecule has 30 heavy (non-hydrogen) atoms. The lowest BCUT2D eigenvalue weighted by molar-refractivity contribution is -0.118. The Hall–Kier alpha value is -2.66. The third-order valence-corrected chi connectivity index (χ3v) is 5.72. The lowest BCUT2D eigenvalue weighted by Crippen LogP contribution is -2.37. The molecule has 0 spiro atoms. The number of benzene rings is 1. The van der Waals surface area contributed by atoms with Crippen molar-refractivity contribution in [3.8, 4) is 17.2 Å². The molecule has 0 radical (unpaired) electrons. The van der Waals surface area contributed by atoms with Gasteiger partial charge in [0, 0.05) is 38.3 Å². The molecular formula is C19H27N5O5S. The van der Waals surface area contributed by atoms with Crippen molar-refractivity contribution in [3.05, 3.63) is 17.7 Å². The Kier molecular flexibility index (Phi) is 7.63. The predicted molar refractivity (Wildman–Crippen MR) is 113 cm³/mol. The van der Waals surface area contributed by atoms with Gasteiger partial charge in [0.05, 0.1) is 40.3 Å². The van der Waals surface area contributed by atoms with Gasteiger partial charge in [0.1, 0.15) is 5.75 Å². The van der Waals surface area contributed by atoms with Crippen LogP contribution in [0.25, 0.3) is 0 Å². The van der Waals surface area contributed by atoms with Crippen LogP contribution >= 0.6 is 11.8 Å². The number of carbonyl (C=O) groups is 1. The molecule has 1 N–H and O–H groups in total. The number of nitrogens with zero attached hydrogens (tertiary/aromatic N) is 4. The quantitative estimate of drug-likeness (QED) is 0.578. The van der Waals surface area contributed by atoms with Gasteiger partial charge in [-0.05, 0) is 6.07 Å². The Labute approximate surface area is 179 Å². The summed E-state index contributed by atoms with van der Waals surface area (Å²) in [7, 11) is 6.60. The SMILES string of the molecule is COc1cc(OC)c(OC)cc1CNC(=O)CSc1nnc(N2CCOCC2)n1C. The van der Waals surface area contributed by atoms with E-state index < -0.39 is 0 Å². The van der Waals surface area contributed by atoms with Crippen LogP contribution in [-0.4, -0.2) is 74.1 Å². The fraction of sp³-hybridized carbons (Fsp3) is 0.526. The third kappa shape index (κ3) is 5.08. The molecule has 1 aromatic carbocycles. The summed E-state index contributed by atoms with van der Waals surface area (Å²) in [4.78, 5) is 14.5. The molecule has 0 bridgehead atoms. The van der Waals surface area contributed by atoms with E-state index in [1.807, 2.05) is 11.6 Å². The minimum absolute atomic E-state index is 0.118. The third-order valence-electron chi connectivity index (χ3n) is 4.70. The molecule has 164 valence electrons. The highest BCUT2D eigenvalue weighted by Crippen LogP contribution is 2.34. The van der Waals surface area contributed by atoms with Crippen molar-refractivity contribution in [2.24, 2.45) is 7.05 Å².